The van der Waals surface area contributed by atoms with Crippen LogP contribution in [0.25, 0.3) is 28.2 Å². The maximum Gasteiger partial charge on any atom is 0.144 e. The van der Waals surface area contributed by atoms with Gasteiger partial charge in [-0.15, -0.1) is 0 Å². The maximum atomic E-state index is 14.2. The minimum atomic E-state index is -0.699. The highest BCUT2D eigenvalue weighted by Crippen LogP contribution is 2.35. The molecule has 1 aliphatic carbocycles. The molecule has 130 valence electrons. The fourth-order valence-electron chi connectivity index (χ4n) is 2.98. The lowest BCUT2D eigenvalue weighted by Gasteiger charge is -2.10. The van der Waals surface area contributed by atoms with Gasteiger partial charge in [0.2, 0.25) is 0 Å². The number of benzene rings is 1. The van der Waals surface area contributed by atoms with Gasteiger partial charge >= 0.3 is 0 Å². The molecule has 0 saturated carbocycles. The molecule has 3 nitrogen and oxygen atoms in total. The lowest BCUT2D eigenvalue weighted by atomic mass is 9.98. The van der Waals surface area contributed by atoms with Crippen LogP contribution in [0.2, 0.25) is 0 Å². The molecular weight excluding hydrogens is 339 g/mol. The van der Waals surface area contributed by atoms with Crippen molar-refractivity contribution in [3.05, 3.63) is 78.0 Å². The van der Waals surface area contributed by atoms with Gasteiger partial charge < -0.3 is 4.98 Å². The van der Waals surface area contributed by atoms with Crippen LogP contribution in [0.5, 0.6) is 0 Å². The molecular formula is C20H14F3N3. The van der Waals surface area contributed by atoms with Crippen LogP contribution >= 0.6 is 0 Å². The minimum Gasteiger partial charge on any atom is -0.337 e. The van der Waals surface area contributed by atoms with Crippen molar-refractivity contribution in [3.8, 4) is 22.6 Å². The number of nitrogens with zero attached hydrogens (tertiary/aromatic N) is 2. The predicted molar refractivity (Wildman–Crippen MR) is 93.6 cm³/mol. The van der Waals surface area contributed by atoms with Crippen LogP contribution in [0.3, 0.4) is 0 Å². The van der Waals surface area contributed by atoms with E-state index in [4.69, 9.17) is 0 Å². The molecule has 1 N–H and O–H groups in total. The summed E-state index contributed by atoms with van der Waals surface area (Å²) in [6.07, 6.45) is 7.03. The summed E-state index contributed by atoms with van der Waals surface area (Å²) in [5, 5.41) is 0. The van der Waals surface area contributed by atoms with Crippen molar-refractivity contribution in [1.82, 2.24) is 15.0 Å². The van der Waals surface area contributed by atoms with Crippen molar-refractivity contribution in [3.63, 3.8) is 0 Å². The molecule has 2 aromatic heterocycles. The van der Waals surface area contributed by atoms with Crippen LogP contribution in [0.15, 0.2) is 60.7 Å². The van der Waals surface area contributed by atoms with E-state index in [1.165, 1.54) is 24.3 Å². The summed E-state index contributed by atoms with van der Waals surface area (Å²) in [6.45, 7) is 0. The molecule has 0 aliphatic heterocycles. The zero-order valence-corrected chi connectivity index (χ0v) is 13.6. The summed E-state index contributed by atoms with van der Waals surface area (Å²) < 4.78 is 41.7. The molecule has 0 bridgehead atoms. The van der Waals surface area contributed by atoms with E-state index >= 15 is 0 Å². The number of aromatic amines is 1. The normalized spacial score (nSPS) is 14.1. The second-order valence-corrected chi connectivity index (χ2v) is 5.95. The van der Waals surface area contributed by atoms with Crippen molar-refractivity contribution in [2.45, 2.75) is 12.8 Å². The van der Waals surface area contributed by atoms with Crippen molar-refractivity contribution < 1.29 is 13.2 Å². The number of pyridine rings is 1. The van der Waals surface area contributed by atoms with Gasteiger partial charge in [-0.2, -0.15) is 0 Å². The van der Waals surface area contributed by atoms with E-state index in [1.54, 1.807) is 30.6 Å². The zero-order chi connectivity index (χ0) is 18.1. The third-order valence-electron chi connectivity index (χ3n) is 4.28. The molecule has 0 atom stereocenters. The SMILES string of the molecule is FC1=CC=C(c2nc(-c3c(F)cccc3F)[nH]c2-c2ccncc2)CC1. The Kier molecular flexibility index (Phi) is 4.16. The Morgan fingerprint density at radius 3 is 2.27 bits per heavy atom. The Labute approximate surface area is 147 Å². The number of imidazole rings is 1. The molecule has 0 unspecified atom stereocenters. The third-order valence-corrected chi connectivity index (χ3v) is 4.28. The molecule has 26 heavy (non-hydrogen) atoms. The molecule has 4 rings (SSSR count). The van der Waals surface area contributed by atoms with Crippen molar-refractivity contribution in [2.75, 3.05) is 0 Å². The van der Waals surface area contributed by atoms with Crippen LogP contribution in [0, 0.1) is 11.6 Å². The lowest BCUT2D eigenvalue weighted by Crippen LogP contribution is -1.94. The first kappa shape index (κ1) is 16.3. The first-order valence-corrected chi connectivity index (χ1v) is 8.14. The zero-order valence-electron chi connectivity index (χ0n) is 13.6. The Hall–Kier alpha value is -3.15. The average molecular weight is 353 g/mol. The monoisotopic (exact) mass is 353 g/mol. The van der Waals surface area contributed by atoms with E-state index in [9.17, 15) is 13.2 Å². The highest BCUT2D eigenvalue weighted by Gasteiger charge is 2.21. The minimum absolute atomic E-state index is 0.0957. The number of H-pyrrole nitrogens is 1. The van der Waals surface area contributed by atoms with Gasteiger partial charge in [0.05, 0.1) is 17.0 Å². The van der Waals surface area contributed by atoms with Crippen LogP contribution in [0.1, 0.15) is 18.5 Å². The molecule has 2 heterocycles. The first-order chi connectivity index (χ1) is 12.6. The second-order valence-electron chi connectivity index (χ2n) is 5.95. The number of rotatable bonds is 3. The van der Waals surface area contributed by atoms with E-state index in [0.717, 1.165) is 11.1 Å². The number of allylic oxidation sites excluding steroid dienone is 4. The van der Waals surface area contributed by atoms with Crippen molar-refractivity contribution in [1.29, 1.82) is 0 Å². The predicted octanol–water partition coefficient (Wildman–Crippen LogP) is 5.45. The van der Waals surface area contributed by atoms with Crippen LogP contribution in [-0.2, 0) is 0 Å². The summed E-state index contributed by atoms with van der Waals surface area (Å²) in [5.41, 5.74) is 2.54. The molecule has 0 spiro atoms. The molecule has 1 aliphatic rings. The standard InChI is InChI=1S/C20H14F3N3/c21-14-6-4-12(5-7-14)18-19(13-8-10-24-11-9-13)26-20(25-18)17-15(22)2-1-3-16(17)23/h1-4,6,8-11H,5,7H2,(H,25,26). The molecule has 0 fully saturated rings. The molecule has 0 saturated heterocycles. The quantitative estimate of drug-likeness (QED) is 0.680. The largest absolute Gasteiger partial charge is 0.337 e. The highest BCUT2D eigenvalue weighted by molar-refractivity contribution is 5.80. The van der Waals surface area contributed by atoms with Gasteiger partial charge in [0.1, 0.15) is 23.3 Å². The molecule has 0 radical (unpaired) electrons. The molecule has 3 aromatic rings. The number of nitrogens with one attached hydrogen (secondary N) is 1. The van der Waals surface area contributed by atoms with Gasteiger partial charge in [-0.3, -0.25) is 4.98 Å². The second kappa shape index (κ2) is 6.63. The maximum absolute atomic E-state index is 14.2. The van der Waals surface area contributed by atoms with E-state index in [1.807, 2.05) is 0 Å². The van der Waals surface area contributed by atoms with Crippen molar-refractivity contribution in [2.24, 2.45) is 0 Å². The summed E-state index contributed by atoms with van der Waals surface area (Å²) in [4.78, 5) is 11.5. The third kappa shape index (κ3) is 2.94. The van der Waals surface area contributed by atoms with Gasteiger partial charge in [0.15, 0.2) is 0 Å². The van der Waals surface area contributed by atoms with E-state index < -0.39 is 11.6 Å². The summed E-state index contributed by atoms with van der Waals surface area (Å²) >= 11 is 0. The van der Waals surface area contributed by atoms with Crippen LogP contribution in [-0.4, -0.2) is 15.0 Å². The number of aromatic nitrogens is 3. The number of hydrogen-bond acceptors (Lipinski definition) is 2. The van der Waals surface area contributed by atoms with E-state index in [2.05, 4.69) is 15.0 Å². The Balaban J connectivity index is 1.92. The van der Waals surface area contributed by atoms with E-state index in [-0.39, 0.29) is 23.6 Å². The Morgan fingerprint density at radius 1 is 0.885 bits per heavy atom. The summed E-state index contributed by atoms with van der Waals surface area (Å²) in [5.74, 6) is -1.50. The topological polar surface area (TPSA) is 41.6 Å². The van der Waals surface area contributed by atoms with Crippen LogP contribution in [0.4, 0.5) is 13.2 Å². The Bertz CT molecular complexity index is 1000. The highest BCUT2D eigenvalue weighted by atomic mass is 19.1. The fraction of sp³-hybridized carbons (Fsp3) is 0.100. The smallest absolute Gasteiger partial charge is 0.144 e. The number of hydrogen-bond donors (Lipinski definition) is 1. The van der Waals surface area contributed by atoms with Gasteiger partial charge in [-0.25, -0.2) is 18.2 Å². The Morgan fingerprint density at radius 2 is 1.62 bits per heavy atom. The average Bonchev–Trinajstić information content (AvgIpc) is 3.08. The van der Waals surface area contributed by atoms with Crippen LogP contribution < -0.4 is 0 Å². The molecule has 0 amide bonds. The first-order valence-electron chi connectivity index (χ1n) is 8.14. The van der Waals surface area contributed by atoms with Gasteiger partial charge in [-0.05, 0) is 42.3 Å². The van der Waals surface area contributed by atoms with Gasteiger partial charge in [-0.1, -0.05) is 12.1 Å². The number of halogens is 3. The van der Waals surface area contributed by atoms with Crippen molar-refractivity contribution >= 4 is 5.57 Å². The fourth-order valence-corrected chi connectivity index (χ4v) is 2.98. The van der Waals surface area contributed by atoms with Gasteiger partial charge in [0, 0.05) is 24.4 Å². The van der Waals surface area contributed by atoms with E-state index in [0.29, 0.717) is 17.8 Å². The van der Waals surface area contributed by atoms with Gasteiger partial charge in [0.25, 0.3) is 0 Å². The lowest BCUT2D eigenvalue weighted by molar-refractivity contribution is 0.588. The summed E-state index contributed by atoms with van der Waals surface area (Å²) in [7, 11) is 0. The summed E-state index contributed by atoms with van der Waals surface area (Å²) in [6, 6.07) is 7.23. The molecule has 6 heteroatoms. The molecule has 1 aromatic carbocycles.